The zero-order valence-electron chi connectivity index (χ0n) is 10.6. The summed E-state index contributed by atoms with van der Waals surface area (Å²) in [5.41, 5.74) is 2.08. The van der Waals surface area contributed by atoms with E-state index in [0.717, 1.165) is 17.2 Å². The van der Waals surface area contributed by atoms with Crippen LogP contribution in [0.3, 0.4) is 0 Å². The molecule has 2 rings (SSSR count). The molecule has 0 radical (unpaired) electrons. The molecule has 4 heteroatoms. The van der Waals surface area contributed by atoms with Gasteiger partial charge in [-0.15, -0.1) is 0 Å². The molecule has 0 atom stereocenters. The van der Waals surface area contributed by atoms with E-state index in [1.165, 1.54) is 6.08 Å². The molecule has 1 N–H and O–H groups in total. The van der Waals surface area contributed by atoms with Crippen LogP contribution in [-0.4, -0.2) is 17.7 Å². The third-order valence-electron chi connectivity index (χ3n) is 2.63. The number of hydrogen-bond acceptors (Lipinski definition) is 2. The van der Waals surface area contributed by atoms with Crippen molar-refractivity contribution in [1.82, 2.24) is 0 Å². The summed E-state index contributed by atoms with van der Waals surface area (Å²) in [5, 5.41) is 8.95. The molecule has 0 unspecified atom stereocenters. The molecule has 2 aromatic rings. The number of aliphatic carboxylic acids is 1. The van der Waals surface area contributed by atoms with Crippen molar-refractivity contribution in [2.75, 3.05) is 6.61 Å². The van der Waals surface area contributed by atoms with Gasteiger partial charge in [-0.25, -0.2) is 4.79 Å². The SMILES string of the molecule is O=C(O)/C=C/COc1ccc(-c2ccccc2)cc1Cl. The lowest BCUT2D eigenvalue weighted by Crippen LogP contribution is -1.96. The lowest BCUT2D eigenvalue weighted by molar-refractivity contribution is -0.131. The van der Waals surface area contributed by atoms with Crippen molar-refractivity contribution in [1.29, 1.82) is 0 Å². The van der Waals surface area contributed by atoms with Gasteiger partial charge in [0.05, 0.1) is 5.02 Å². The Morgan fingerprint density at radius 2 is 1.90 bits per heavy atom. The van der Waals surface area contributed by atoms with Gasteiger partial charge in [0.25, 0.3) is 0 Å². The van der Waals surface area contributed by atoms with Crippen molar-refractivity contribution >= 4 is 17.6 Å². The molecular weight excluding hydrogens is 276 g/mol. The lowest BCUT2D eigenvalue weighted by Gasteiger charge is -2.08. The van der Waals surface area contributed by atoms with Crippen LogP contribution in [0, 0.1) is 0 Å². The number of ether oxygens (including phenoxy) is 1. The summed E-state index contributed by atoms with van der Waals surface area (Å²) in [6.45, 7) is 0.163. The molecule has 0 amide bonds. The van der Waals surface area contributed by atoms with Crippen LogP contribution in [0.2, 0.25) is 5.02 Å². The summed E-state index contributed by atoms with van der Waals surface area (Å²) in [5.74, 6) is -0.472. The van der Waals surface area contributed by atoms with E-state index in [4.69, 9.17) is 21.4 Å². The molecule has 0 bridgehead atoms. The van der Waals surface area contributed by atoms with Gasteiger partial charge >= 0.3 is 5.97 Å². The standard InChI is InChI=1S/C16H13ClO3/c17-14-11-13(12-5-2-1-3-6-12)8-9-15(14)20-10-4-7-16(18)19/h1-9,11H,10H2,(H,18,19)/b7-4+. The van der Waals surface area contributed by atoms with E-state index in [2.05, 4.69) is 0 Å². The summed E-state index contributed by atoms with van der Waals surface area (Å²) in [6.07, 6.45) is 2.45. The Morgan fingerprint density at radius 3 is 2.55 bits per heavy atom. The van der Waals surface area contributed by atoms with Crippen LogP contribution in [0.15, 0.2) is 60.7 Å². The smallest absolute Gasteiger partial charge is 0.328 e. The van der Waals surface area contributed by atoms with E-state index in [9.17, 15) is 4.79 Å². The Morgan fingerprint density at radius 1 is 1.15 bits per heavy atom. The van der Waals surface area contributed by atoms with Gasteiger partial charge in [0, 0.05) is 6.08 Å². The first-order valence-electron chi connectivity index (χ1n) is 6.04. The molecule has 20 heavy (non-hydrogen) atoms. The summed E-state index contributed by atoms with van der Waals surface area (Å²) >= 11 is 6.16. The zero-order valence-corrected chi connectivity index (χ0v) is 11.4. The van der Waals surface area contributed by atoms with Crippen molar-refractivity contribution in [3.05, 3.63) is 65.7 Å². The highest BCUT2D eigenvalue weighted by Gasteiger charge is 2.04. The Hall–Kier alpha value is -2.26. The number of hydrogen-bond donors (Lipinski definition) is 1. The van der Waals surface area contributed by atoms with Gasteiger partial charge in [-0.1, -0.05) is 48.0 Å². The van der Waals surface area contributed by atoms with Crippen molar-refractivity contribution in [2.45, 2.75) is 0 Å². The average molecular weight is 289 g/mol. The lowest BCUT2D eigenvalue weighted by atomic mass is 10.1. The topological polar surface area (TPSA) is 46.5 Å². The molecule has 2 aromatic carbocycles. The minimum absolute atomic E-state index is 0.163. The van der Waals surface area contributed by atoms with Gasteiger partial charge in [-0.3, -0.25) is 0 Å². The van der Waals surface area contributed by atoms with Crippen LogP contribution in [-0.2, 0) is 4.79 Å². The van der Waals surface area contributed by atoms with Crippen LogP contribution in [0.4, 0.5) is 0 Å². The quantitative estimate of drug-likeness (QED) is 0.845. The zero-order chi connectivity index (χ0) is 14.4. The molecule has 0 fully saturated rings. The van der Waals surface area contributed by atoms with Crippen LogP contribution < -0.4 is 4.74 Å². The maximum absolute atomic E-state index is 10.3. The monoisotopic (exact) mass is 288 g/mol. The molecule has 102 valence electrons. The molecule has 0 spiro atoms. The number of benzene rings is 2. The van der Waals surface area contributed by atoms with E-state index in [0.29, 0.717) is 10.8 Å². The summed E-state index contributed by atoms with van der Waals surface area (Å²) in [4.78, 5) is 10.3. The fourth-order valence-electron chi connectivity index (χ4n) is 1.71. The predicted octanol–water partition coefficient (Wildman–Crippen LogP) is 4.03. The Labute approximate surface area is 122 Å². The molecule has 0 aromatic heterocycles. The Balaban J connectivity index is 2.08. The summed E-state index contributed by atoms with van der Waals surface area (Å²) < 4.78 is 5.40. The van der Waals surface area contributed by atoms with Gasteiger partial charge in [-0.05, 0) is 29.3 Å². The number of carboxylic acids is 1. The molecule has 0 aliphatic heterocycles. The predicted molar refractivity (Wildman–Crippen MR) is 79.2 cm³/mol. The molecular formula is C16H13ClO3. The molecule has 0 saturated carbocycles. The first-order chi connectivity index (χ1) is 9.66. The highest BCUT2D eigenvalue weighted by Crippen LogP contribution is 2.30. The molecule has 0 aliphatic carbocycles. The maximum Gasteiger partial charge on any atom is 0.328 e. The first-order valence-corrected chi connectivity index (χ1v) is 6.42. The first kappa shape index (κ1) is 14.2. The number of halogens is 1. The Bertz CT molecular complexity index is 621. The Kier molecular flexibility index (Phi) is 4.80. The van der Waals surface area contributed by atoms with E-state index in [1.54, 1.807) is 6.07 Å². The van der Waals surface area contributed by atoms with Crippen molar-refractivity contribution in [3.63, 3.8) is 0 Å². The van der Waals surface area contributed by atoms with E-state index in [-0.39, 0.29) is 6.61 Å². The van der Waals surface area contributed by atoms with Gasteiger partial charge in [-0.2, -0.15) is 0 Å². The van der Waals surface area contributed by atoms with Crippen LogP contribution in [0.1, 0.15) is 0 Å². The van der Waals surface area contributed by atoms with Crippen LogP contribution in [0.25, 0.3) is 11.1 Å². The molecule has 0 heterocycles. The fourth-order valence-corrected chi connectivity index (χ4v) is 1.95. The minimum Gasteiger partial charge on any atom is -0.488 e. The molecule has 3 nitrogen and oxygen atoms in total. The van der Waals surface area contributed by atoms with E-state index >= 15 is 0 Å². The highest BCUT2D eigenvalue weighted by molar-refractivity contribution is 6.32. The normalized spacial score (nSPS) is 10.7. The number of carbonyl (C=O) groups is 1. The minimum atomic E-state index is -1.00. The van der Waals surface area contributed by atoms with Crippen molar-refractivity contribution < 1.29 is 14.6 Å². The highest BCUT2D eigenvalue weighted by atomic mass is 35.5. The van der Waals surface area contributed by atoms with Gasteiger partial charge < -0.3 is 9.84 Å². The number of carboxylic acid groups (broad SMARTS) is 1. The van der Waals surface area contributed by atoms with E-state index in [1.807, 2.05) is 42.5 Å². The van der Waals surface area contributed by atoms with Crippen LogP contribution >= 0.6 is 11.6 Å². The van der Waals surface area contributed by atoms with Gasteiger partial charge in [0.15, 0.2) is 0 Å². The van der Waals surface area contributed by atoms with Crippen molar-refractivity contribution in [3.8, 4) is 16.9 Å². The van der Waals surface area contributed by atoms with Gasteiger partial charge in [0.1, 0.15) is 12.4 Å². The van der Waals surface area contributed by atoms with Crippen LogP contribution in [0.5, 0.6) is 5.75 Å². The third-order valence-corrected chi connectivity index (χ3v) is 2.93. The summed E-state index contributed by atoms with van der Waals surface area (Å²) in [7, 11) is 0. The second-order valence-electron chi connectivity index (χ2n) is 4.06. The largest absolute Gasteiger partial charge is 0.488 e. The fraction of sp³-hybridized carbons (Fsp3) is 0.0625. The van der Waals surface area contributed by atoms with Crippen molar-refractivity contribution in [2.24, 2.45) is 0 Å². The third kappa shape index (κ3) is 3.87. The van der Waals surface area contributed by atoms with Gasteiger partial charge in [0.2, 0.25) is 0 Å². The molecule has 0 aliphatic rings. The number of rotatable bonds is 5. The van der Waals surface area contributed by atoms with E-state index < -0.39 is 5.97 Å². The summed E-state index contributed by atoms with van der Waals surface area (Å²) in [6, 6.07) is 15.4. The molecule has 0 saturated heterocycles. The second-order valence-corrected chi connectivity index (χ2v) is 4.47. The average Bonchev–Trinajstić information content (AvgIpc) is 2.45. The second kappa shape index (κ2) is 6.78. The maximum atomic E-state index is 10.3.